The lowest BCUT2D eigenvalue weighted by atomic mass is 10.2. The standard InChI is InChI=1S/C18H19F2N5O2/c1-9-6-14(10(2)22-16(9)27-18(19)20)24-15-17(26)25(8-13(7-21)23-15)11(3)12-4-5-12/h6,8,11-12,18H,4-5H2,1-3H3,(H,23,24). The number of anilines is 2. The second kappa shape index (κ2) is 7.31. The zero-order valence-corrected chi connectivity index (χ0v) is 15.2. The quantitative estimate of drug-likeness (QED) is 0.831. The molecule has 1 unspecified atom stereocenters. The summed E-state index contributed by atoms with van der Waals surface area (Å²) in [7, 11) is 0. The van der Waals surface area contributed by atoms with Gasteiger partial charge in [-0.3, -0.25) is 4.79 Å². The first kappa shape index (κ1) is 18.8. The molecular formula is C18H19F2N5O2. The van der Waals surface area contributed by atoms with Crippen molar-refractivity contribution in [3.05, 3.63) is 39.6 Å². The molecule has 1 saturated carbocycles. The van der Waals surface area contributed by atoms with Crippen molar-refractivity contribution >= 4 is 11.5 Å². The number of nitriles is 1. The molecule has 2 aromatic heterocycles. The van der Waals surface area contributed by atoms with Gasteiger partial charge in [-0.25, -0.2) is 9.97 Å². The fourth-order valence-corrected chi connectivity index (χ4v) is 2.89. The van der Waals surface area contributed by atoms with Gasteiger partial charge in [-0.2, -0.15) is 14.0 Å². The number of aryl methyl sites for hydroxylation is 2. The van der Waals surface area contributed by atoms with Crippen LogP contribution in [0.25, 0.3) is 0 Å². The summed E-state index contributed by atoms with van der Waals surface area (Å²) in [6.45, 7) is 2.14. The minimum absolute atomic E-state index is 0.00613. The number of hydrogen-bond acceptors (Lipinski definition) is 6. The van der Waals surface area contributed by atoms with Gasteiger partial charge in [0, 0.05) is 17.8 Å². The van der Waals surface area contributed by atoms with Crippen molar-refractivity contribution in [3.8, 4) is 11.9 Å². The predicted molar refractivity (Wildman–Crippen MR) is 94.3 cm³/mol. The largest absolute Gasteiger partial charge is 0.417 e. The number of rotatable bonds is 6. The molecule has 1 fully saturated rings. The molecule has 2 aromatic rings. The molecule has 0 amide bonds. The molecule has 27 heavy (non-hydrogen) atoms. The predicted octanol–water partition coefficient (Wildman–Crippen LogP) is 3.44. The summed E-state index contributed by atoms with van der Waals surface area (Å²) in [6.07, 6.45) is 3.56. The van der Waals surface area contributed by atoms with Gasteiger partial charge >= 0.3 is 6.61 Å². The van der Waals surface area contributed by atoms with Crippen LogP contribution in [0.1, 0.15) is 42.8 Å². The molecule has 1 aliphatic carbocycles. The van der Waals surface area contributed by atoms with E-state index in [4.69, 9.17) is 0 Å². The van der Waals surface area contributed by atoms with Crippen LogP contribution in [0.5, 0.6) is 5.88 Å². The number of pyridine rings is 1. The van der Waals surface area contributed by atoms with E-state index in [1.54, 1.807) is 19.9 Å². The molecule has 0 radical (unpaired) electrons. The van der Waals surface area contributed by atoms with Gasteiger partial charge < -0.3 is 14.6 Å². The van der Waals surface area contributed by atoms with E-state index in [-0.39, 0.29) is 29.0 Å². The Kier molecular flexibility index (Phi) is 5.08. The Hall–Kier alpha value is -3.02. The summed E-state index contributed by atoms with van der Waals surface area (Å²) in [5, 5.41) is 12.1. The number of nitrogens with zero attached hydrogens (tertiary/aromatic N) is 4. The number of nitrogens with one attached hydrogen (secondary N) is 1. The molecule has 1 atom stereocenters. The highest BCUT2D eigenvalue weighted by Gasteiger charge is 2.30. The molecule has 0 spiro atoms. The summed E-state index contributed by atoms with van der Waals surface area (Å²) in [4.78, 5) is 20.9. The van der Waals surface area contributed by atoms with Crippen molar-refractivity contribution in [2.24, 2.45) is 5.92 Å². The topological polar surface area (TPSA) is 92.8 Å². The smallest absolute Gasteiger partial charge is 0.388 e. The van der Waals surface area contributed by atoms with Crippen LogP contribution in [0.15, 0.2) is 17.1 Å². The molecule has 0 aliphatic heterocycles. The van der Waals surface area contributed by atoms with Gasteiger partial charge in [0.2, 0.25) is 5.88 Å². The fourth-order valence-electron chi connectivity index (χ4n) is 2.89. The SMILES string of the molecule is Cc1cc(Nc2nc(C#N)cn(C(C)C3CC3)c2=O)c(C)nc1OC(F)F. The van der Waals surface area contributed by atoms with E-state index in [2.05, 4.69) is 20.0 Å². The highest BCUT2D eigenvalue weighted by Crippen LogP contribution is 2.38. The van der Waals surface area contributed by atoms with Crippen LogP contribution in [0.2, 0.25) is 0 Å². The zero-order valence-electron chi connectivity index (χ0n) is 15.2. The average molecular weight is 375 g/mol. The van der Waals surface area contributed by atoms with Crippen LogP contribution >= 0.6 is 0 Å². The summed E-state index contributed by atoms with van der Waals surface area (Å²) in [6, 6.07) is 3.48. The monoisotopic (exact) mass is 375 g/mol. The average Bonchev–Trinajstić information content (AvgIpc) is 3.45. The third kappa shape index (κ3) is 4.05. The zero-order chi connectivity index (χ0) is 19.7. The molecule has 0 saturated heterocycles. The maximum atomic E-state index is 12.8. The first-order chi connectivity index (χ1) is 12.8. The number of ether oxygens (including phenoxy) is 1. The van der Waals surface area contributed by atoms with Crippen LogP contribution in [-0.4, -0.2) is 21.1 Å². The number of alkyl halides is 2. The van der Waals surface area contributed by atoms with E-state index in [0.717, 1.165) is 12.8 Å². The number of aromatic nitrogens is 3. The van der Waals surface area contributed by atoms with E-state index < -0.39 is 6.61 Å². The number of hydrogen-bond donors (Lipinski definition) is 1. The van der Waals surface area contributed by atoms with E-state index in [0.29, 0.717) is 22.9 Å². The highest BCUT2D eigenvalue weighted by atomic mass is 19.3. The second-order valence-electron chi connectivity index (χ2n) is 6.62. The Balaban J connectivity index is 1.98. The lowest BCUT2D eigenvalue weighted by Gasteiger charge is -2.17. The molecule has 2 heterocycles. The molecule has 0 bridgehead atoms. The molecule has 1 aliphatic rings. The van der Waals surface area contributed by atoms with Crippen molar-refractivity contribution in [2.45, 2.75) is 46.3 Å². The minimum atomic E-state index is -2.97. The van der Waals surface area contributed by atoms with Crippen LogP contribution in [0.4, 0.5) is 20.3 Å². The Labute approximate surface area is 154 Å². The third-order valence-corrected chi connectivity index (χ3v) is 4.60. The Morgan fingerprint density at radius 3 is 2.67 bits per heavy atom. The normalized spacial score (nSPS) is 14.7. The number of halogens is 2. The highest BCUT2D eigenvalue weighted by molar-refractivity contribution is 5.60. The van der Waals surface area contributed by atoms with Crippen molar-refractivity contribution in [3.63, 3.8) is 0 Å². The summed E-state index contributed by atoms with van der Waals surface area (Å²) >= 11 is 0. The first-order valence-electron chi connectivity index (χ1n) is 8.53. The Bertz CT molecular complexity index is 963. The molecule has 0 aromatic carbocycles. The summed E-state index contributed by atoms with van der Waals surface area (Å²) < 4.78 is 30.8. The van der Waals surface area contributed by atoms with E-state index >= 15 is 0 Å². The van der Waals surface area contributed by atoms with Crippen LogP contribution in [0, 0.1) is 31.1 Å². The van der Waals surface area contributed by atoms with Gasteiger partial charge in [-0.15, -0.1) is 0 Å². The van der Waals surface area contributed by atoms with Gasteiger partial charge in [-0.05, 0) is 45.6 Å². The lowest BCUT2D eigenvalue weighted by Crippen LogP contribution is -2.28. The van der Waals surface area contributed by atoms with E-state index in [1.807, 2.05) is 13.0 Å². The van der Waals surface area contributed by atoms with Crippen molar-refractivity contribution in [1.29, 1.82) is 5.26 Å². The van der Waals surface area contributed by atoms with Crippen LogP contribution < -0.4 is 15.6 Å². The second-order valence-corrected chi connectivity index (χ2v) is 6.62. The molecule has 1 N–H and O–H groups in total. The van der Waals surface area contributed by atoms with Gasteiger partial charge in [0.1, 0.15) is 6.07 Å². The minimum Gasteiger partial charge on any atom is -0.417 e. The Morgan fingerprint density at radius 2 is 2.07 bits per heavy atom. The molecule has 142 valence electrons. The maximum absolute atomic E-state index is 12.8. The first-order valence-corrected chi connectivity index (χ1v) is 8.53. The van der Waals surface area contributed by atoms with Crippen molar-refractivity contribution in [2.75, 3.05) is 5.32 Å². The maximum Gasteiger partial charge on any atom is 0.388 e. The summed E-state index contributed by atoms with van der Waals surface area (Å²) in [5.74, 6) is 0.237. The van der Waals surface area contributed by atoms with Crippen molar-refractivity contribution in [1.82, 2.24) is 14.5 Å². The van der Waals surface area contributed by atoms with Gasteiger partial charge in [0.25, 0.3) is 5.56 Å². The van der Waals surface area contributed by atoms with Gasteiger partial charge in [-0.1, -0.05) is 0 Å². The van der Waals surface area contributed by atoms with Gasteiger partial charge in [0.15, 0.2) is 11.5 Å². The Morgan fingerprint density at radius 1 is 1.37 bits per heavy atom. The lowest BCUT2D eigenvalue weighted by molar-refractivity contribution is -0.0533. The van der Waals surface area contributed by atoms with Crippen LogP contribution in [0.3, 0.4) is 0 Å². The molecule has 3 rings (SSSR count). The molecule has 9 heteroatoms. The van der Waals surface area contributed by atoms with Crippen LogP contribution in [-0.2, 0) is 0 Å². The van der Waals surface area contributed by atoms with E-state index in [1.165, 1.54) is 10.8 Å². The van der Waals surface area contributed by atoms with E-state index in [9.17, 15) is 18.8 Å². The molecular weight excluding hydrogens is 356 g/mol. The third-order valence-electron chi connectivity index (χ3n) is 4.60. The summed E-state index contributed by atoms with van der Waals surface area (Å²) in [5.41, 5.74) is 0.940. The van der Waals surface area contributed by atoms with Crippen molar-refractivity contribution < 1.29 is 13.5 Å². The van der Waals surface area contributed by atoms with Gasteiger partial charge in [0.05, 0.1) is 11.4 Å². The molecule has 7 nitrogen and oxygen atoms in total. The fraction of sp³-hybridized carbons (Fsp3) is 0.444.